The van der Waals surface area contributed by atoms with Crippen LogP contribution in [0.3, 0.4) is 0 Å². The molecule has 28 heavy (non-hydrogen) atoms. The molecule has 3 aromatic rings. The van der Waals surface area contributed by atoms with Crippen LogP contribution in [0.2, 0.25) is 0 Å². The highest BCUT2D eigenvalue weighted by Gasteiger charge is 2.24. The number of nitrogens with zero attached hydrogens (tertiary/aromatic N) is 3. The monoisotopic (exact) mass is 376 g/mol. The van der Waals surface area contributed by atoms with E-state index >= 15 is 0 Å². The van der Waals surface area contributed by atoms with E-state index in [0.29, 0.717) is 12.4 Å². The van der Waals surface area contributed by atoms with Crippen molar-refractivity contribution in [2.75, 3.05) is 0 Å². The summed E-state index contributed by atoms with van der Waals surface area (Å²) in [7, 11) is 0. The van der Waals surface area contributed by atoms with E-state index in [0.717, 1.165) is 47.5 Å². The lowest BCUT2D eigenvalue weighted by Crippen LogP contribution is -2.34. The number of carbonyl (C=O) groups is 1. The molecule has 0 spiro atoms. The van der Waals surface area contributed by atoms with Crippen LogP contribution in [0.15, 0.2) is 49.1 Å². The van der Waals surface area contributed by atoms with Crippen LogP contribution in [0.5, 0.6) is 11.6 Å². The van der Waals surface area contributed by atoms with Gasteiger partial charge in [0, 0.05) is 49.6 Å². The van der Waals surface area contributed by atoms with Gasteiger partial charge in [-0.3, -0.25) is 4.79 Å². The number of carbonyl (C=O) groups excluding carboxylic acids is 1. The van der Waals surface area contributed by atoms with Gasteiger partial charge >= 0.3 is 0 Å². The summed E-state index contributed by atoms with van der Waals surface area (Å²) in [5, 5.41) is 3.03. The number of pyridine rings is 1. The van der Waals surface area contributed by atoms with Gasteiger partial charge in [0.05, 0.1) is 6.33 Å². The number of ether oxygens (including phenoxy) is 1. The van der Waals surface area contributed by atoms with Gasteiger partial charge in [0.1, 0.15) is 5.75 Å². The van der Waals surface area contributed by atoms with Crippen LogP contribution < -0.4 is 10.1 Å². The molecule has 1 aliphatic rings. The molecule has 0 bridgehead atoms. The van der Waals surface area contributed by atoms with E-state index in [1.54, 1.807) is 6.20 Å². The molecule has 144 valence electrons. The van der Waals surface area contributed by atoms with Crippen LogP contribution in [0.4, 0.5) is 0 Å². The summed E-state index contributed by atoms with van der Waals surface area (Å²) in [4.78, 5) is 21.0. The molecule has 3 heterocycles. The number of imidazole rings is 1. The van der Waals surface area contributed by atoms with Crippen molar-refractivity contribution in [3.63, 3.8) is 0 Å². The minimum atomic E-state index is 0.00376. The van der Waals surface area contributed by atoms with Crippen molar-refractivity contribution in [2.45, 2.75) is 39.8 Å². The predicted molar refractivity (Wildman–Crippen MR) is 106 cm³/mol. The molecular formula is C22H24N4O2. The van der Waals surface area contributed by atoms with E-state index in [1.807, 2.05) is 50.6 Å². The lowest BCUT2D eigenvalue weighted by Gasteiger charge is -2.23. The average molecular weight is 376 g/mol. The topological polar surface area (TPSA) is 69.0 Å². The Hall–Kier alpha value is -3.15. The zero-order valence-corrected chi connectivity index (χ0v) is 16.2. The first-order chi connectivity index (χ1) is 13.6. The average Bonchev–Trinajstić information content (AvgIpc) is 3.18. The van der Waals surface area contributed by atoms with Crippen molar-refractivity contribution in [2.24, 2.45) is 5.92 Å². The standard InChI is InChI=1S/C22H24N4O2/c1-15-3-4-16(2)20(9-15)28-21-6-5-17(11-24-21)12-25-22(27)18-7-8-26-14-23-13-19(26)10-18/h3-6,9,11,13-14,18H,7-8,10,12H2,1-2H3,(H,25,27). The highest BCUT2D eigenvalue weighted by atomic mass is 16.5. The molecule has 1 atom stereocenters. The third-order valence-electron chi connectivity index (χ3n) is 5.17. The molecule has 2 aromatic heterocycles. The molecule has 1 aliphatic heterocycles. The van der Waals surface area contributed by atoms with Gasteiger partial charge in [0.25, 0.3) is 0 Å². The number of aromatic nitrogens is 3. The molecule has 0 fully saturated rings. The molecule has 6 nitrogen and oxygen atoms in total. The van der Waals surface area contributed by atoms with Gasteiger partial charge in [-0.2, -0.15) is 0 Å². The third kappa shape index (κ3) is 4.06. The van der Waals surface area contributed by atoms with Crippen LogP contribution in [0, 0.1) is 19.8 Å². The molecule has 1 aromatic carbocycles. The summed E-state index contributed by atoms with van der Waals surface area (Å²) in [6.07, 6.45) is 7.01. The summed E-state index contributed by atoms with van der Waals surface area (Å²) in [6.45, 7) is 5.35. The van der Waals surface area contributed by atoms with Crippen LogP contribution >= 0.6 is 0 Å². The summed E-state index contributed by atoms with van der Waals surface area (Å²) in [6, 6.07) is 9.86. The van der Waals surface area contributed by atoms with Crippen molar-refractivity contribution in [1.29, 1.82) is 0 Å². The number of hydrogen-bond donors (Lipinski definition) is 1. The largest absolute Gasteiger partial charge is 0.439 e. The Morgan fingerprint density at radius 2 is 2.14 bits per heavy atom. The smallest absolute Gasteiger partial charge is 0.223 e. The maximum atomic E-state index is 12.5. The van der Waals surface area contributed by atoms with Crippen LogP contribution in [-0.4, -0.2) is 20.4 Å². The fourth-order valence-electron chi connectivity index (χ4n) is 3.43. The quantitative estimate of drug-likeness (QED) is 0.739. The number of hydrogen-bond acceptors (Lipinski definition) is 4. The Morgan fingerprint density at radius 3 is 2.96 bits per heavy atom. The van der Waals surface area contributed by atoms with Crippen LogP contribution in [0.1, 0.15) is 28.8 Å². The Labute approximate surface area is 164 Å². The second-order valence-electron chi connectivity index (χ2n) is 7.36. The first kappa shape index (κ1) is 18.2. The molecule has 1 amide bonds. The van der Waals surface area contributed by atoms with E-state index in [4.69, 9.17) is 4.74 Å². The number of nitrogens with one attached hydrogen (secondary N) is 1. The van der Waals surface area contributed by atoms with E-state index < -0.39 is 0 Å². The molecule has 1 unspecified atom stereocenters. The normalized spacial score (nSPS) is 15.7. The second kappa shape index (κ2) is 7.84. The summed E-state index contributed by atoms with van der Waals surface area (Å²) in [5.41, 5.74) is 4.28. The molecule has 1 N–H and O–H groups in total. The molecule has 0 saturated carbocycles. The minimum absolute atomic E-state index is 0.00376. The van der Waals surface area contributed by atoms with Crippen molar-refractivity contribution in [1.82, 2.24) is 19.9 Å². The first-order valence-corrected chi connectivity index (χ1v) is 9.55. The highest BCUT2D eigenvalue weighted by molar-refractivity contribution is 5.79. The van der Waals surface area contributed by atoms with Crippen molar-refractivity contribution < 1.29 is 9.53 Å². The van der Waals surface area contributed by atoms with Crippen molar-refractivity contribution in [3.8, 4) is 11.6 Å². The van der Waals surface area contributed by atoms with Gasteiger partial charge < -0.3 is 14.6 Å². The Kier molecular flexibility index (Phi) is 5.10. The molecule has 0 saturated heterocycles. The van der Waals surface area contributed by atoms with E-state index in [2.05, 4.69) is 25.9 Å². The van der Waals surface area contributed by atoms with Gasteiger partial charge in [-0.1, -0.05) is 18.2 Å². The number of rotatable bonds is 5. The fraction of sp³-hybridized carbons (Fsp3) is 0.318. The predicted octanol–water partition coefficient (Wildman–Crippen LogP) is 3.57. The van der Waals surface area contributed by atoms with Crippen LogP contribution in [-0.2, 0) is 24.3 Å². The third-order valence-corrected chi connectivity index (χ3v) is 5.17. The highest BCUT2D eigenvalue weighted by Crippen LogP contribution is 2.25. The van der Waals surface area contributed by atoms with Gasteiger partial charge in [0.15, 0.2) is 0 Å². The molecule has 0 aliphatic carbocycles. The lowest BCUT2D eigenvalue weighted by atomic mass is 9.95. The zero-order valence-electron chi connectivity index (χ0n) is 16.2. The van der Waals surface area contributed by atoms with Gasteiger partial charge in [-0.15, -0.1) is 0 Å². The molecule has 6 heteroatoms. The Bertz CT molecular complexity index is 978. The molecular weight excluding hydrogens is 352 g/mol. The molecule has 0 radical (unpaired) electrons. The summed E-state index contributed by atoms with van der Waals surface area (Å²) < 4.78 is 8.00. The minimum Gasteiger partial charge on any atom is -0.439 e. The maximum absolute atomic E-state index is 12.5. The van der Waals surface area contributed by atoms with Crippen LogP contribution in [0.25, 0.3) is 0 Å². The fourth-order valence-corrected chi connectivity index (χ4v) is 3.43. The van der Waals surface area contributed by atoms with Gasteiger partial charge in [-0.05, 0) is 43.0 Å². The van der Waals surface area contributed by atoms with E-state index in [1.165, 1.54) is 0 Å². The Balaban J connectivity index is 1.32. The summed E-state index contributed by atoms with van der Waals surface area (Å²) >= 11 is 0. The first-order valence-electron chi connectivity index (χ1n) is 9.55. The number of benzene rings is 1. The van der Waals surface area contributed by atoms with E-state index in [9.17, 15) is 4.79 Å². The van der Waals surface area contributed by atoms with Gasteiger partial charge in [-0.25, -0.2) is 9.97 Å². The maximum Gasteiger partial charge on any atom is 0.223 e. The number of amides is 1. The lowest BCUT2D eigenvalue weighted by molar-refractivity contribution is -0.125. The summed E-state index contributed by atoms with van der Waals surface area (Å²) in [5.74, 6) is 1.45. The van der Waals surface area contributed by atoms with Crippen molar-refractivity contribution >= 4 is 5.91 Å². The van der Waals surface area contributed by atoms with E-state index in [-0.39, 0.29) is 11.8 Å². The second-order valence-corrected chi connectivity index (χ2v) is 7.36. The Morgan fingerprint density at radius 1 is 1.25 bits per heavy atom. The number of aryl methyl sites for hydroxylation is 3. The molecule has 4 rings (SSSR count). The zero-order chi connectivity index (χ0) is 19.5. The number of fused-ring (bicyclic) bond motifs is 1. The SMILES string of the molecule is Cc1ccc(C)c(Oc2ccc(CNC(=O)C3CCn4cncc4C3)cn2)c1. The van der Waals surface area contributed by atoms with Crippen molar-refractivity contribution in [3.05, 3.63) is 71.4 Å². The van der Waals surface area contributed by atoms with Gasteiger partial charge in [0.2, 0.25) is 11.8 Å².